The van der Waals surface area contributed by atoms with Gasteiger partial charge in [0.05, 0.1) is 18.2 Å². The number of hydrogen-bond donors (Lipinski definition) is 2. The van der Waals surface area contributed by atoms with Gasteiger partial charge in [-0.15, -0.1) is 0 Å². The number of aliphatic hydroxyl groups is 2. The summed E-state index contributed by atoms with van der Waals surface area (Å²) in [5.41, 5.74) is 0. The number of benzene rings is 1. The summed E-state index contributed by atoms with van der Waals surface area (Å²) >= 11 is 5.88. The Bertz CT molecular complexity index is 380. The lowest BCUT2D eigenvalue weighted by atomic mass is 10.3. The van der Waals surface area contributed by atoms with Gasteiger partial charge in [-0.3, -0.25) is 4.79 Å². The molecule has 0 fully saturated rings. The lowest BCUT2D eigenvalue weighted by Crippen LogP contribution is -2.38. The second kappa shape index (κ2) is 7.92. The monoisotopic (exact) mass is 273 g/mol. The van der Waals surface area contributed by atoms with E-state index in [0.717, 1.165) is 0 Å². The number of aliphatic hydroxyl groups excluding tert-OH is 2. The van der Waals surface area contributed by atoms with Crippen molar-refractivity contribution in [2.75, 3.05) is 32.9 Å². The van der Waals surface area contributed by atoms with Gasteiger partial charge < -0.3 is 19.8 Å². The quantitative estimate of drug-likeness (QED) is 0.760. The third-order valence-corrected chi connectivity index (χ3v) is 2.59. The first-order valence-electron chi connectivity index (χ1n) is 5.56. The highest BCUT2D eigenvalue weighted by Gasteiger charge is 2.13. The van der Waals surface area contributed by atoms with Crippen molar-refractivity contribution in [2.24, 2.45) is 0 Å². The maximum atomic E-state index is 11.7. The van der Waals surface area contributed by atoms with Gasteiger partial charge in [0, 0.05) is 13.1 Å². The Morgan fingerprint density at radius 1 is 1.22 bits per heavy atom. The van der Waals surface area contributed by atoms with E-state index in [1.807, 2.05) is 0 Å². The Kier molecular flexibility index (Phi) is 6.49. The van der Waals surface area contributed by atoms with Gasteiger partial charge in [0.15, 0.2) is 6.61 Å². The van der Waals surface area contributed by atoms with Crippen molar-refractivity contribution in [1.82, 2.24) is 4.90 Å². The van der Waals surface area contributed by atoms with Gasteiger partial charge in [-0.25, -0.2) is 0 Å². The van der Waals surface area contributed by atoms with Crippen LogP contribution in [0.25, 0.3) is 0 Å². The van der Waals surface area contributed by atoms with Crippen molar-refractivity contribution in [3.63, 3.8) is 0 Å². The summed E-state index contributed by atoms with van der Waals surface area (Å²) in [5, 5.41) is 18.0. The molecular formula is C12H16ClNO4. The normalized spacial score (nSPS) is 10.2. The Labute approximate surface area is 111 Å². The summed E-state index contributed by atoms with van der Waals surface area (Å²) in [6, 6.07) is 6.85. The molecule has 0 unspecified atom stereocenters. The fraction of sp³-hybridized carbons (Fsp3) is 0.417. The number of carbonyl (C=O) groups excluding carboxylic acids is 1. The molecule has 0 bridgehead atoms. The molecule has 0 aliphatic heterocycles. The van der Waals surface area contributed by atoms with Crippen LogP contribution in [0, 0.1) is 0 Å². The average molecular weight is 274 g/mol. The van der Waals surface area contributed by atoms with Gasteiger partial charge in [-0.1, -0.05) is 23.7 Å². The molecule has 100 valence electrons. The van der Waals surface area contributed by atoms with E-state index in [0.29, 0.717) is 10.8 Å². The zero-order valence-corrected chi connectivity index (χ0v) is 10.6. The topological polar surface area (TPSA) is 70.0 Å². The Hall–Kier alpha value is -1.30. The van der Waals surface area contributed by atoms with Crippen LogP contribution < -0.4 is 4.74 Å². The number of para-hydroxylation sites is 1. The van der Waals surface area contributed by atoms with E-state index in [1.165, 1.54) is 4.90 Å². The second-order valence-corrected chi connectivity index (χ2v) is 3.95. The molecule has 0 spiro atoms. The van der Waals surface area contributed by atoms with Gasteiger partial charge in [0.25, 0.3) is 5.91 Å². The maximum absolute atomic E-state index is 11.7. The molecule has 0 heterocycles. The molecular weight excluding hydrogens is 258 g/mol. The van der Waals surface area contributed by atoms with Gasteiger partial charge in [0.2, 0.25) is 0 Å². The van der Waals surface area contributed by atoms with Crippen LogP contribution in [0.1, 0.15) is 0 Å². The van der Waals surface area contributed by atoms with E-state index in [4.69, 9.17) is 26.6 Å². The van der Waals surface area contributed by atoms with Crippen LogP contribution in [0.5, 0.6) is 5.75 Å². The smallest absolute Gasteiger partial charge is 0.260 e. The molecule has 0 saturated carbocycles. The van der Waals surface area contributed by atoms with Crippen LogP contribution in [0.15, 0.2) is 24.3 Å². The fourth-order valence-corrected chi connectivity index (χ4v) is 1.59. The molecule has 2 N–H and O–H groups in total. The highest BCUT2D eigenvalue weighted by molar-refractivity contribution is 6.32. The third kappa shape index (κ3) is 4.52. The molecule has 1 rings (SSSR count). The standard InChI is InChI=1S/C12H16ClNO4/c13-10-3-1-2-4-11(10)18-9-12(17)14(5-7-15)6-8-16/h1-4,15-16H,5-9H2. The lowest BCUT2D eigenvalue weighted by Gasteiger charge is -2.20. The van der Waals surface area contributed by atoms with Crippen LogP contribution in [-0.4, -0.2) is 53.9 Å². The minimum atomic E-state index is -0.307. The zero-order chi connectivity index (χ0) is 13.4. The number of ether oxygens (including phenoxy) is 1. The maximum Gasteiger partial charge on any atom is 0.260 e. The van der Waals surface area contributed by atoms with Crippen LogP contribution in [0.2, 0.25) is 5.02 Å². The molecule has 1 aromatic carbocycles. The van der Waals surface area contributed by atoms with Crippen LogP contribution >= 0.6 is 11.6 Å². The van der Waals surface area contributed by atoms with E-state index in [-0.39, 0.29) is 38.8 Å². The molecule has 0 aromatic heterocycles. The molecule has 1 amide bonds. The summed E-state index contributed by atoms with van der Waals surface area (Å²) in [5.74, 6) is 0.124. The van der Waals surface area contributed by atoms with Crippen molar-refractivity contribution in [3.8, 4) is 5.75 Å². The van der Waals surface area contributed by atoms with E-state index >= 15 is 0 Å². The Morgan fingerprint density at radius 3 is 2.39 bits per heavy atom. The first kappa shape index (κ1) is 14.8. The average Bonchev–Trinajstić information content (AvgIpc) is 2.37. The van der Waals surface area contributed by atoms with Gasteiger partial charge in [-0.05, 0) is 12.1 Å². The molecule has 18 heavy (non-hydrogen) atoms. The highest BCUT2D eigenvalue weighted by Crippen LogP contribution is 2.22. The first-order chi connectivity index (χ1) is 8.69. The molecule has 0 aliphatic rings. The molecule has 0 radical (unpaired) electrons. The van der Waals surface area contributed by atoms with Crippen molar-refractivity contribution < 1.29 is 19.7 Å². The fourth-order valence-electron chi connectivity index (χ4n) is 1.40. The zero-order valence-electron chi connectivity index (χ0n) is 9.88. The van der Waals surface area contributed by atoms with Gasteiger partial charge in [-0.2, -0.15) is 0 Å². The minimum absolute atomic E-state index is 0.155. The van der Waals surface area contributed by atoms with Crippen molar-refractivity contribution in [1.29, 1.82) is 0 Å². The van der Waals surface area contributed by atoms with E-state index in [1.54, 1.807) is 24.3 Å². The summed E-state index contributed by atoms with van der Waals surface area (Å²) < 4.78 is 5.29. The molecule has 6 heteroatoms. The predicted octanol–water partition coefficient (Wildman–Crippen LogP) is 0.532. The van der Waals surface area contributed by atoms with Crippen molar-refractivity contribution in [2.45, 2.75) is 0 Å². The minimum Gasteiger partial charge on any atom is -0.482 e. The van der Waals surface area contributed by atoms with E-state index in [9.17, 15) is 4.79 Å². The molecule has 1 aromatic rings. The summed E-state index contributed by atoms with van der Waals surface area (Å²) in [7, 11) is 0. The number of carbonyl (C=O) groups is 1. The van der Waals surface area contributed by atoms with E-state index in [2.05, 4.69) is 0 Å². The molecule has 5 nitrogen and oxygen atoms in total. The van der Waals surface area contributed by atoms with E-state index < -0.39 is 0 Å². The Morgan fingerprint density at radius 2 is 1.83 bits per heavy atom. The SMILES string of the molecule is O=C(COc1ccccc1Cl)N(CCO)CCO. The Balaban J connectivity index is 2.51. The molecule has 0 saturated heterocycles. The van der Waals surface area contributed by atoms with Crippen LogP contribution in [0.4, 0.5) is 0 Å². The summed E-state index contributed by atoms with van der Waals surface area (Å²) in [6.45, 7) is -0.143. The van der Waals surface area contributed by atoms with Gasteiger partial charge >= 0.3 is 0 Å². The number of rotatable bonds is 7. The summed E-state index contributed by atoms with van der Waals surface area (Å²) in [4.78, 5) is 13.1. The second-order valence-electron chi connectivity index (χ2n) is 3.55. The van der Waals surface area contributed by atoms with Crippen LogP contribution in [-0.2, 0) is 4.79 Å². The number of nitrogens with zero attached hydrogens (tertiary/aromatic N) is 1. The number of amides is 1. The van der Waals surface area contributed by atoms with Gasteiger partial charge in [0.1, 0.15) is 5.75 Å². The number of hydrogen-bond acceptors (Lipinski definition) is 4. The molecule has 0 aliphatic carbocycles. The van der Waals surface area contributed by atoms with Crippen LogP contribution in [0.3, 0.4) is 0 Å². The van der Waals surface area contributed by atoms with Crippen molar-refractivity contribution in [3.05, 3.63) is 29.3 Å². The highest BCUT2D eigenvalue weighted by atomic mass is 35.5. The predicted molar refractivity (Wildman–Crippen MR) is 67.7 cm³/mol. The largest absolute Gasteiger partial charge is 0.482 e. The summed E-state index contributed by atoms with van der Waals surface area (Å²) in [6.07, 6.45) is 0. The van der Waals surface area contributed by atoms with Crippen molar-refractivity contribution >= 4 is 17.5 Å². The third-order valence-electron chi connectivity index (χ3n) is 2.28. The first-order valence-corrected chi connectivity index (χ1v) is 5.93. The lowest BCUT2D eigenvalue weighted by molar-refractivity contribution is -0.134. The molecule has 0 atom stereocenters. The number of halogens is 1.